The number of para-hydroxylation sites is 1. The first-order chi connectivity index (χ1) is 14.6. The molecule has 30 heavy (non-hydrogen) atoms. The van der Waals surface area contributed by atoms with Crippen LogP contribution in [0.2, 0.25) is 0 Å². The summed E-state index contributed by atoms with van der Waals surface area (Å²) < 4.78 is 5.31. The first-order valence-electron chi connectivity index (χ1n) is 10.5. The first kappa shape index (κ1) is 18.7. The predicted molar refractivity (Wildman–Crippen MR) is 114 cm³/mol. The highest BCUT2D eigenvalue weighted by Crippen LogP contribution is 2.44. The number of imide groups is 1. The number of carbonyl (C=O) groups excluding carboxylic acids is 2. The van der Waals surface area contributed by atoms with Crippen LogP contribution in [0.5, 0.6) is 5.75 Å². The van der Waals surface area contributed by atoms with E-state index in [4.69, 9.17) is 4.74 Å². The molecule has 0 spiro atoms. The van der Waals surface area contributed by atoms with Crippen molar-refractivity contribution in [3.05, 3.63) is 65.4 Å². The zero-order chi connectivity index (χ0) is 20.8. The van der Waals surface area contributed by atoms with Crippen LogP contribution < -0.4 is 4.74 Å². The van der Waals surface area contributed by atoms with Gasteiger partial charge >= 0.3 is 6.03 Å². The lowest BCUT2D eigenvalue weighted by molar-refractivity contribution is -0.128. The first-order valence-corrected chi connectivity index (χ1v) is 10.5. The molecule has 0 unspecified atom stereocenters. The largest absolute Gasteiger partial charge is 0.497 e. The third-order valence-electron chi connectivity index (χ3n) is 6.30. The maximum atomic E-state index is 13.4. The van der Waals surface area contributed by atoms with E-state index in [1.54, 1.807) is 12.0 Å². The molecule has 6 nitrogen and oxygen atoms in total. The average molecular weight is 403 g/mol. The second kappa shape index (κ2) is 7.20. The van der Waals surface area contributed by atoms with E-state index >= 15 is 0 Å². The highest BCUT2D eigenvalue weighted by Gasteiger charge is 2.52. The summed E-state index contributed by atoms with van der Waals surface area (Å²) in [6.45, 7) is 2.54. The van der Waals surface area contributed by atoms with Gasteiger partial charge in [-0.15, -0.1) is 0 Å². The zero-order valence-corrected chi connectivity index (χ0v) is 17.2. The van der Waals surface area contributed by atoms with Crippen molar-refractivity contribution in [3.8, 4) is 5.75 Å². The molecule has 1 fully saturated rings. The van der Waals surface area contributed by atoms with Gasteiger partial charge in [-0.2, -0.15) is 0 Å². The number of carbonyl (C=O) groups is 2. The molecular weight excluding hydrogens is 378 g/mol. The van der Waals surface area contributed by atoms with Crippen molar-refractivity contribution >= 4 is 22.8 Å². The number of H-pyrrole nitrogens is 1. The number of hydrogen-bond donors (Lipinski definition) is 1. The zero-order valence-electron chi connectivity index (χ0n) is 17.2. The summed E-state index contributed by atoms with van der Waals surface area (Å²) in [6, 6.07) is 14.9. The maximum Gasteiger partial charge on any atom is 0.328 e. The molecule has 2 atom stereocenters. The number of aromatic nitrogens is 1. The fraction of sp³-hybridized carbons (Fsp3) is 0.333. The number of urea groups is 1. The van der Waals surface area contributed by atoms with Gasteiger partial charge in [-0.05, 0) is 35.7 Å². The minimum absolute atomic E-state index is 0.0807. The lowest BCUT2D eigenvalue weighted by Crippen LogP contribution is -2.44. The van der Waals surface area contributed by atoms with Crippen LogP contribution in [-0.4, -0.2) is 46.4 Å². The smallest absolute Gasteiger partial charge is 0.328 e. The van der Waals surface area contributed by atoms with E-state index < -0.39 is 6.04 Å². The number of amides is 3. The summed E-state index contributed by atoms with van der Waals surface area (Å²) in [7, 11) is 1.63. The van der Waals surface area contributed by atoms with Crippen LogP contribution in [-0.2, 0) is 11.2 Å². The Balaban J connectivity index is 1.66. The minimum Gasteiger partial charge on any atom is -0.497 e. The third-order valence-corrected chi connectivity index (χ3v) is 6.30. The molecule has 2 aromatic carbocycles. The normalized spacial score (nSPS) is 20.6. The van der Waals surface area contributed by atoms with Crippen molar-refractivity contribution in [1.29, 1.82) is 0 Å². The SMILES string of the molecule is CCCCN1C(=O)[C@H]2Cc3c([nH]c4ccccc34)[C@@H](c3ccc(OC)cc3)N2C1=O. The van der Waals surface area contributed by atoms with Crippen molar-refractivity contribution in [2.75, 3.05) is 13.7 Å². The van der Waals surface area contributed by atoms with Crippen molar-refractivity contribution in [3.63, 3.8) is 0 Å². The molecule has 3 amide bonds. The second-order valence-corrected chi connectivity index (χ2v) is 7.99. The molecule has 2 aliphatic heterocycles. The van der Waals surface area contributed by atoms with Crippen molar-refractivity contribution in [2.45, 2.75) is 38.3 Å². The van der Waals surface area contributed by atoms with E-state index in [9.17, 15) is 9.59 Å². The molecular formula is C24H25N3O3. The van der Waals surface area contributed by atoms with Gasteiger partial charge in [0.25, 0.3) is 5.91 Å². The molecule has 3 aromatic rings. The number of hydrogen-bond acceptors (Lipinski definition) is 3. The Hall–Kier alpha value is -3.28. The van der Waals surface area contributed by atoms with Gasteiger partial charge < -0.3 is 9.72 Å². The Morgan fingerprint density at radius 2 is 1.87 bits per heavy atom. The van der Waals surface area contributed by atoms with Crippen LogP contribution in [0.25, 0.3) is 10.9 Å². The van der Waals surface area contributed by atoms with Crippen LogP contribution in [0.4, 0.5) is 4.79 Å². The Kier molecular flexibility index (Phi) is 4.50. The molecule has 0 aliphatic carbocycles. The molecule has 0 saturated carbocycles. The molecule has 154 valence electrons. The summed E-state index contributed by atoms with van der Waals surface area (Å²) in [5, 5.41) is 1.12. The molecule has 6 heteroatoms. The monoisotopic (exact) mass is 403 g/mol. The van der Waals surface area contributed by atoms with Crippen LogP contribution in [0.3, 0.4) is 0 Å². The van der Waals surface area contributed by atoms with Gasteiger partial charge in [0.2, 0.25) is 0 Å². The number of ether oxygens (including phenoxy) is 1. The third kappa shape index (κ3) is 2.70. The number of nitrogens with zero attached hydrogens (tertiary/aromatic N) is 2. The lowest BCUT2D eigenvalue weighted by atomic mass is 9.89. The standard InChI is InChI=1S/C24H25N3O3/c1-3-4-13-26-23(28)20-14-18-17-7-5-6-8-19(17)25-21(18)22(27(20)24(26)29)15-9-11-16(30-2)12-10-15/h5-12,20,22,25H,3-4,13-14H2,1-2H3/t20-,22-/m1/s1. The number of rotatable bonds is 5. The molecule has 5 rings (SSSR count). The molecule has 1 N–H and O–H groups in total. The van der Waals surface area contributed by atoms with Crippen molar-refractivity contribution < 1.29 is 14.3 Å². The average Bonchev–Trinajstić information content (AvgIpc) is 3.26. The fourth-order valence-electron chi connectivity index (χ4n) is 4.78. The maximum absolute atomic E-state index is 13.4. The number of nitrogens with one attached hydrogen (secondary N) is 1. The number of unbranched alkanes of at least 4 members (excludes halogenated alkanes) is 1. The van der Waals surface area contributed by atoms with Crippen LogP contribution in [0.15, 0.2) is 48.5 Å². The summed E-state index contributed by atoms with van der Waals surface area (Å²) >= 11 is 0. The Morgan fingerprint density at radius 1 is 1.10 bits per heavy atom. The topological polar surface area (TPSA) is 65.6 Å². The van der Waals surface area contributed by atoms with E-state index in [1.165, 1.54) is 4.90 Å². The van der Waals surface area contributed by atoms with Gasteiger partial charge in [0, 0.05) is 29.6 Å². The van der Waals surface area contributed by atoms with E-state index in [0.717, 1.165) is 46.3 Å². The molecule has 2 aliphatic rings. The van der Waals surface area contributed by atoms with Gasteiger partial charge in [-0.25, -0.2) is 4.79 Å². The molecule has 1 aromatic heterocycles. The minimum atomic E-state index is -0.465. The Labute approximate surface area is 175 Å². The van der Waals surface area contributed by atoms with Gasteiger partial charge in [0.15, 0.2) is 0 Å². The van der Waals surface area contributed by atoms with E-state index in [2.05, 4.69) is 18.0 Å². The fourth-order valence-corrected chi connectivity index (χ4v) is 4.78. The highest BCUT2D eigenvalue weighted by atomic mass is 16.5. The van der Waals surface area contributed by atoms with Crippen LogP contribution in [0.1, 0.15) is 42.6 Å². The quantitative estimate of drug-likeness (QED) is 0.648. The number of fused-ring (bicyclic) bond motifs is 4. The van der Waals surface area contributed by atoms with Crippen LogP contribution in [0, 0.1) is 0 Å². The van der Waals surface area contributed by atoms with E-state index in [1.807, 2.05) is 42.5 Å². The lowest BCUT2D eigenvalue weighted by Gasteiger charge is -2.36. The Morgan fingerprint density at radius 3 is 2.60 bits per heavy atom. The predicted octanol–water partition coefficient (Wildman–Crippen LogP) is 4.25. The van der Waals surface area contributed by atoms with Gasteiger partial charge in [0.05, 0.1) is 7.11 Å². The van der Waals surface area contributed by atoms with E-state index in [0.29, 0.717) is 13.0 Å². The Bertz CT molecular complexity index is 1120. The summed E-state index contributed by atoms with van der Waals surface area (Å²) in [5.74, 6) is 0.680. The number of aromatic amines is 1. The number of benzene rings is 2. The number of methoxy groups -OCH3 is 1. The molecule has 0 bridgehead atoms. The summed E-state index contributed by atoms with van der Waals surface area (Å²) in [6.07, 6.45) is 2.30. The van der Waals surface area contributed by atoms with Gasteiger partial charge in [-0.1, -0.05) is 43.7 Å². The molecule has 0 radical (unpaired) electrons. The van der Waals surface area contributed by atoms with E-state index in [-0.39, 0.29) is 18.0 Å². The van der Waals surface area contributed by atoms with Crippen LogP contribution >= 0.6 is 0 Å². The van der Waals surface area contributed by atoms with Crippen molar-refractivity contribution in [2.24, 2.45) is 0 Å². The van der Waals surface area contributed by atoms with Crippen molar-refractivity contribution in [1.82, 2.24) is 14.8 Å². The second-order valence-electron chi connectivity index (χ2n) is 7.99. The molecule has 3 heterocycles. The highest BCUT2D eigenvalue weighted by molar-refractivity contribution is 6.05. The summed E-state index contributed by atoms with van der Waals surface area (Å²) in [4.78, 5) is 33.4. The van der Waals surface area contributed by atoms with Gasteiger partial charge in [-0.3, -0.25) is 14.6 Å². The molecule has 1 saturated heterocycles. The summed E-state index contributed by atoms with van der Waals surface area (Å²) in [5.41, 5.74) is 4.12. The van der Waals surface area contributed by atoms with Gasteiger partial charge in [0.1, 0.15) is 17.8 Å².